The summed E-state index contributed by atoms with van der Waals surface area (Å²) in [6.45, 7) is 0.758. The lowest BCUT2D eigenvalue weighted by molar-refractivity contribution is 0.311. The van der Waals surface area contributed by atoms with E-state index in [1.165, 1.54) is 36.0 Å². The zero-order valence-corrected chi connectivity index (χ0v) is 11.8. The van der Waals surface area contributed by atoms with E-state index in [-0.39, 0.29) is 0 Å². The molecule has 0 saturated carbocycles. The Morgan fingerprint density at radius 3 is 2.80 bits per heavy atom. The molecule has 0 aromatic heterocycles. The SMILES string of the molecule is Nc1cccc(CCCOc2ccc3c(c2)CCC3)c1. The number of benzene rings is 2. The van der Waals surface area contributed by atoms with Crippen LogP contribution >= 0.6 is 0 Å². The van der Waals surface area contributed by atoms with Crippen molar-refractivity contribution >= 4 is 5.69 Å². The van der Waals surface area contributed by atoms with Gasteiger partial charge in [0.25, 0.3) is 0 Å². The number of nitrogens with two attached hydrogens (primary N) is 1. The summed E-state index contributed by atoms with van der Waals surface area (Å²) in [7, 11) is 0. The van der Waals surface area contributed by atoms with Crippen LogP contribution in [0.5, 0.6) is 5.75 Å². The first-order valence-electron chi connectivity index (χ1n) is 7.40. The van der Waals surface area contributed by atoms with Gasteiger partial charge in [0, 0.05) is 5.69 Å². The highest BCUT2D eigenvalue weighted by molar-refractivity contribution is 5.40. The molecule has 20 heavy (non-hydrogen) atoms. The van der Waals surface area contributed by atoms with Crippen LogP contribution in [-0.2, 0) is 19.3 Å². The van der Waals surface area contributed by atoms with E-state index in [2.05, 4.69) is 24.3 Å². The first-order valence-corrected chi connectivity index (χ1v) is 7.40. The number of nitrogen functional groups attached to an aromatic ring is 1. The molecular formula is C18H21NO. The summed E-state index contributed by atoms with van der Waals surface area (Å²) in [4.78, 5) is 0. The van der Waals surface area contributed by atoms with Crippen molar-refractivity contribution in [1.29, 1.82) is 0 Å². The van der Waals surface area contributed by atoms with Gasteiger partial charge in [-0.1, -0.05) is 18.2 Å². The molecule has 3 rings (SSSR count). The highest BCUT2D eigenvalue weighted by Crippen LogP contribution is 2.26. The fourth-order valence-electron chi connectivity index (χ4n) is 2.85. The third-order valence-electron chi connectivity index (χ3n) is 3.90. The minimum absolute atomic E-state index is 0.758. The summed E-state index contributed by atoms with van der Waals surface area (Å²) in [5.41, 5.74) is 10.9. The van der Waals surface area contributed by atoms with E-state index >= 15 is 0 Å². The molecule has 0 heterocycles. The van der Waals surface area contributed by atoms with E-state index in [1.54, 1.807) is 0 Å². The normalized spacial score (nSPS) is 13.2. The van der Waals surface area contributed by atoms with Crippen molar-refractivity contribution in [1.82, 2.24) is 0 Å². The quantitative estimate of drug-likeness (QED) is 0.661. The highest BCUT2D eigenvalue weighted by Gasteiger charge is 2.10. The fourth-order valence-corrected chi connectivity index (χ4v) is 2.85. The maximum absolute atomic E-state index is 5.85. The van der Waals surface area contributed by atoms with E-state index in [9.17, 15) is 0 Å². The summed E-state index contributed by atoms with van der Waals surface area (Å²) in [6.07, 6.45) is 5.74. The second-order valence-corrected chi connectivity index (χ2v) is 5.48. The van der Waals surface area contributed by atoms with Gasteiger partial charge in [0.05, 0.1) is 6.61 Å². The van der Waals surface area contributed by atoms with Crippen molar-refractivity contribution in [3.63, 3.8) is 0 Å². The van der Waals surface area contributed by atoms with Crippen molar-refractivity contribution in [3.05, 3.63) is 59.2 Å². The van der Waals surface area contributed by atoms with E-state index in [0.29, 0.717) is 0 Å². The molecule has 0 spiro atoms. The van der Waals surface area contributed by atoms with Crippen LogP contribution in [-0.4, -0.2) is 6.61 Å². The molecule has 2 nitrogen and oxygen atoms in total. The number of hydrogen-bond acceptors (Lipinski definition) is 2. The van der Waals surface area contributed by atoms with Gasteiger partial charge in [-0.3, -0.25) is 0 Å². The lowest BCUT2D eigenvalue weighted by atomic mass is 10.1. The number of aryl methyl sites for hydroxylation is 3. The Bertz CT molecular complexity index is 592. The predicted molar refractivity (Wildman–Crippen MR) is 83.1 cm³/mol. The zero-order valence-electron chi connectivity index (χ0n) is 11.8. The molecule has 1 aliphatic carbocycles. The minimum Gasteiger partial charge on any atom is -0.494 e. The first-order chi connectivity index (χ1) is 9.81. The number of rotatable bonds is 5. The van der Waals surface area contributed by atoms with Gasteiger partial charge in [0.2, 0.25) is 0 Å². The van der Waals surface area contributed by atoms with Crippen LogP contribution in [0.15, 0.2) is 42.5 Å². The third-order valence-corrected chi connectivity index (χ3v) is 3.90. The van der Waals surface area contributed by atoms with Crippen molar-refractivity contribution in [2.75, 3.05) is 12.3 Å². The number of anilines is 1. The van der Waals surface area contributed by atoms with Gasteiger partial charge in [-0.15, -0.1) is 0 Å². The maximum Gasteiger partial charge on any atom is 0.119 e. The average molecular weight is 267 g/mol. The van der Waals surface area contributed by atoms with E-state index in [1.807, 2.05) is 18.2 Å². The van der Waals surface area contributed by atoms with E-state index in [4.69, 9.17) is 10.5 Å². The molecule has 0 bridgehead atoms. The Morgan fingerprint density at radius 1 is 1.00 bits per heavy atom. The fraction of sp³-hybridized carbons (Fsp3) is 0.333. The first kappa shape index (κ1) is 13.0. The summed E-state index contributed by atoms with van der Waals surface area (Å²) < 4.78 is 5.85. The van der Waals surface area contributed by atoms with Gasteiger partial charge in [0.1, 0.15) is 5.75 Å². The number of fused-ring (bicyclic) bond motifs is 1. The van der Waals surface area contributed by atoms with Gasteiger partial charge >= 0.3 is 0 Å². The van der Waals surface area contributed by atoms with Crippen LogP contribution in [0.2, 0.25) is 0 Å². The molecule has 1 aliphatic rings. The molecule has 0 amide bonds. The molecule has 0 saturated heterocycles. The van der Waals surface area contributed by atoms with Crippen molar-refractivity contribution in [2.45, 2.75) is 32.1 Å². The lowest BCUT2D eigenvalue weighted by Gasteiger charge is -2.08. The lowest BCUT2D eigenvalue weighted by Crippen LogP contribution is -2.00. The van der Waals surface area contributed by atoms with Gasteiger partial charge in [-0.05, 0) is 73.1 Å². The molecule has 2 N–H and O–H groups in total. The predicted octanol–water partition coefficient (Wildman–Crippen LogP) is 3.77. The molecular weight excluding hydrogens is 246 g/mol. The summed E-state index contributed by atoms with van der Waals surface area (Å²) in [5, 5.41) is 0. The molecule has 0 unspecified atom stereocenters. The van der Waals surface area contributed by atoms with Crippen LogP contribution in [0.25, 0.3) is 0 Å². The Balaban J connectivity index is 1.48. The molecule has 0 aliphatic heterocycles. The molecule has 2 aromatic carbocycles. The molecule has 0 radical (unpaired) electrons. The summed E-state index contributed by atoms with van der Waals surface area (Å²) >= 11 is 0. The topological polar surface area (TPSA) is 35.2 Å². The summed E-state index contributed by atoms with van der Waals surface area (Å²) in [5.74, 6) is 1.01. The van der Waals surface area contributed by atoms with Gasteiger partial charge in [-0.2, -0.15) is 0 Å². The Labute approximate surface area is 120 Å². The number of hydrogen-bond donors (Lipinski definition) is 1. The smallest absolute Gasteiger partial charge is 0.119 e. The van der Waals surface area contributed by atoms with Crippen LogP contribution in [0.1, 0.15) is 29.5 Å². The average Bonchev–Trinajstić information content (AvgIpc) is 2.91. The van der Waals surface area contributed by atoms with Gasteiger partial charge < -0.3 is 10.5 Å². The Kier molecular flexibility index (Phi) is 3.91. The largest absolute Gasteiger partial charge is 0.494 e. The van der Waals surface area contributed by atoms with Crippen molar-refractivity contribution in [3.8, 4) is 5.75 Å². The Hall–Kier alpha value is -1.96. The van der Waals surface area contributed by atoms with Gasteiger partial charge in [-0.25, -0.2) is 0 Å². The van der Waals surface area contributed by atoms with Gasteiger partial charge in [0.15, 0.2) is 0 Å². The molecule has 104 valence electrons. The van der Waals surface area contributed by atoms with E-state index in [0.717, 1.165) is 30.9 Å². The third kappa shape index (κ3) is 3.13. The standard InChI is InChI=1S/C18H21NO/c19-17-8-1-4-14(12-17)5-3-11-20-18-10-9-15-6-2-7-16(15)13-18/h1,4,8-10,12-13H,2-3,5-7,11,19H2. The molecule has 2 aromatic rings. The van der Waals surface area contributed by atoms with Crippen LogP contribution in [0.3, 0.4) is 0 Å². The number of ether oxygens (including phenoxy) is 1. The minimum atomic E-state index is 0.758. The van der Waals surface area contributed by atoms with Crippen LogP contribution in [0, 0.1) is 0 Å². The maximum atomic E-state index is 5.85. The van der Waals surface area contributed by atoms with E-state index < -0.39 is 0 Å². The summed E-state index contributed by atoms with van der Waals surface area (Å²) in [6, 6.07) is 14.6. The second-order valence-electron chi connectivity index (χ2n) is 5.48. The second kappa shape index (κ2) is 6.00. The van der Waals surface area contributed by atoms with Crippen molar-refractivity contribution in [2.24, 2.45) is 0 Å². The van der Waals surface area contributed by atoms with Crippen molar-refractivity contribution < 1.29 is 4.74 Å². The zero-order chi connectivity index (χ0) is 13.8. The molecule has 0 atom stereocenters. The highest BCUT2D eigenvalue weighted by atomic mass is 16.5. The Morgan fingerprint density at radius 2 is 1.90 bits per heavy atom. The van der Waals surface area contributed by atoms with Crippen LogP contribution < -0.4 is 10.5 Å². The van der Waals surface area contributed by atoms with Crippen LogP contribution in [0.4, 0.5) is 5.69 Å². The monoisotopic (exact) mass is 267 g/mol. The molecule has 2 heteroatoms. The molecule has 0 fully saturated rings.